The van der Waals surface area contributed by atoms with Crippen LogP contribution in [-0.2, 0) is 4.79 Å². The van der Waals surface area contributed by atoms with Crippen LogP contribution in [0.3, 0.4) is 0 Å². The van der Waals surface area contributed by atoms with E-state index in [2.05, 4.69) is 5.32 Å². The lowest BCUT2D eigenvalue weighted by Gasteiger charge is -2.09. The highest BCUT2D eigenvalue weighted by Crippen LogP contribution is 2.11. The summed E-state index contributed by atoms with van der Waals surface area (Å²) in [6.07, 6.45) is 0.844. The standard InChI is InChI=1S/C14H18N2O3/c1-2-12(17)7-8-16-14(18)10-19-13-5-3-11(9-15)4-6-13/h3-6,12,17H,2,7-8,10H2,1H3,(H,16,18). The molecule has 1 unspecified atom stereocenters. The first-order valence-corrected chi connectivity index (χ1v) is 6.23. The van der Waals surface area contributed by atoms with E-state index in [1.165, 1.54) is 0 Å². The van der Waals surface area contributed by atoms with E-state index in [-0.39, 0.29) is 18.6 Å². The first-order valence-electron chi connectivity index (χ1n) is 6.23. The van der Waals surface area contributed by atoms with Gasteiger partial charge in [0.2, 0.25) is 0 Å². The quantitative estimate of drug-likeness (QED) is 0.774. The van der Waals surface area contributed by atoms with Gasteiger partial charge in [0.05, 0.1) is 17.7 Å². The molecule has 0 aliphatic rings. The van der Waals surface area contributed by atoms with Gasteiger partial charge in [-0.15, -0.1) is 0 Å². The average molecular weight is 262 g/mol. The Balaban J connectivity index is 2.24. The summed E-state index contributed by atoms with van der Waals surface area (Å²) in [5, 5.41) is 20.6. The third-order valence-electron chi connectivity index (χ3n) is 2.62. The minimum absolute atomic E-state index is 0.0753. The van der Waals surface area contributed by atoms with E-state index < -0.39 is 0 Å². The van der Waals surface area contributed by atoms with Crippen molar-refractivity contribution in [3.8, 4) is 11.8 Å². The second kappa shape index (κ2) is 8.11. The molecule has 0 saturated carbocycles. The van der Waals surface area contributed by atoms with Gasteiger partial charge in [0.15, 0.2) is 6.61 Å². The second-order valence-electron chi connectivity index (χ2n) is 4.13. The van der Waals surface area contributed by atoms with Crippen LogP contribution in [0.25, 0.3) is 0 Å². The van der Waals surface area contributed by atoms with Crippen molar-refractivity contribution in [1.82, 2.24) is 5.32 Å². The predicted molar refractivity (Wildman–Crippen MR) is 70.6 cm³/mol. The molecule has 0 heterocycles. The highest BCUT2D eigenvalue weighted by molar-refractivity contribution is 5.77. The molecule has 0 radical (unpaired) electrons. The third kappa shape index (κ3) is 5.89. The topological polar surface area (TPSA) is 82.3 Å². The van der Waals surface area contributed by atoms with Crippen molar-refractivity contribution in [1.29, 1.82) is 5.26 Å². The lowest BCUT2D eigenvalue weighted by molar-refractivity contribution is -0.123. The zero-order valence-corrected chi connectivity index (χ0v) is 10.9. The number of hydrogen-bond donors (Lipinski definition) is 2. The van der Waals surface area contributed by atoms with E-state index in [0.29, 0.717) is 30.7 Å². The lowest BCUT2D eigenvalue weighted by Crippen LogP contribution is -2.31. The van der Waals surface area contributed by atoms with Crippen LogP contribution in [0.15, 0.2) is 24.3 Å². The predicted octanol–water partition coefficient (Wildman–Crippen LogP) is 1.21. The molecule has 19 heavy (non-hydrogen) atoms. The molecular formula is C14H18N2O3. The molecule has 1 rings (SSSR count). The molecule has 0 saturated heterocycles. The Labute approximate surface area is 112 Å². The van der Waals surface area contributed by atoms with Crippen LogP contribution in [0.5, 0.6) is 5.75 Å². The van der Waals surface area contributed by atoms with E-state index >= 15 is 0 Å². The van der Waals surface area contributed by atoms with Crippen LogP contribution < -0.4 is 10.1 Å². The Bertz CT molecular complexity index is 437. The van der Waals surface area contributed by atoms with Crippen molar-refractivity contribution >= 4 is 5.91 Å². The van der Waals surface area contributed by atoms with Crippen LogP contribution >= 0.6 is 0 Å². The van der Waals surface area contributed by atoms with Crippen molar-refractivity contribution in [2.45, 2.75) is 25.9 Å². The number of benzene rings is 1. The molecule has 1 atom stereocenters. The Kier molecular flexibility index (Phi) is 6.41. The Morgan fingerprint density at radius 1 is 1.47 bits per heavy atom. The number of amides is 1. The summed E-state index contributed by atoms with van der Waals surface area (Å²) in [6, 6.07) is 8.56. The molecule has 0 aliphatic heterocycles. The second-order valence-corrected chi connectivity index (χ2v) is 4.13. The van der Waals surface area contributed by atoms with Gasteiger partial charge < -0.3 is 15.2 Å². The molecule has 1 aromatic rings. The van der Waals surface area contributed by atoms with Gasteiger partial charge in [-0.2, -0.15) is 5.26 Å². The van der Waals surface area contributed by atoms with Gasteiger partial charge in [-0.3, -0.25) is 4.79 Å². The molecule has 1 aromatic carbocycles. The monoisotopic (exact) mass is 262 g/mol. The fraction of sp³-hybridized carbons (Fsp3) is 0.429. The van der Waals surface area contributed by atoms with Crippen molar-refractivity contribution in [2.24, 2.45) is 0 Å². The zero-order valence-electron chi connectivity index (χ0n) is 10.9. The number of carbonyl (C=O) groups is 1. The molecule has 102 valence electrons. The van der Waals surface area contributed by atoms with E-state index in [0.717, 1.165) is 0 Å². The van der Waals surface area contributed by atoms with Gasteiger partial charge in [-0.05, 0) is 37.1 Å². The lowest BCUT2D eigenvalue weighted by atomic mass is 10.2. The molecule has 5 nitrogen and oxygen atoms in total. The number of carbonyl (C=O) groups excluding carboxylic acids is 1. The average Bonchev–Trinajstić information content (AvgIpc) is 2.45. The minimum Gasteiger partial charge on any atom is -0.484 e. The van der Waals surface area contributed by atoms with Gasteiger partial charge in [0.25, 0.3) is 5.91 Å². The van der Waals surface area contributed by atoms with Crippen LogP contribution in [0.2, 0.25) is 0 Å². The smallest absolute Gasteiger partial charge is 0.257 e. The maximum atomic E-state index is 11.4. The fourth-order valence-corrected chi connectivity index (χ4v) is 1.41. The summed E-state index contributed by atoms with van der Waals surface area (Å²) >= 11 is 0. The summed E-state index contributed by atoms with van der Waals surface area (Å²) in [5.41, 5.74) is 0.547. The Morgan fingerprint density at radius 2 is 2.16 bits per heavy atom. The van der Waals surface area contributed by atoms with E-state index in [4.69, 9.17) is 10.00 Å². The summed E-state index contributed by atoms with van der Waals surface area (Å²) in [4.78, 5) is 11.4. The maximum Gasteiger partial charge on any atom is 0.257 e. The summed E-state index contributed by atoms with van der Waals surface area (Å²) in [5.74, 6) is 0.315. The SMILES string of the molecule is CCC(O)CCNC(=O)COc1ccc(C#N)cc1. The van der Waals surface area contributed by atoms with Crippen molar-refractivity contribution in [3.05, 3.63) is 29.8 Å². The molecule has 1 amide bonds. The van der Waals surface area contributed by atoms with Crippen molar-refractivity contribution < 1.29 is 14.6 Å². The molecule has 0 aliphatic carbocycles. The van der Waals surface area contributed by atoms with Gasteiger partial charge in [-0.25, -0.2) is 0 Å². The molecular weight excluding hydrogens is 244 g/mol. The molecule has 0 spiro atoms. The first kappa shape index (κ1) is 15.0. The Morgan fingerprint density at radius 3 is 2.74 bits per heavy atom. The van der Waals surface area contributed by atoms with Crippen LogP contribution in [0, 0.1) is 11.3 Å². The fourth-order valence-electron chi connectivity index (χ4n) is 1.41. The minimum atomic E-state index is -0.375. The Hall–Kier alpha value is -2.06. The van der Waals surface area contributed by atoms with Crippen LogP contribution in [0.1, 0.15) is 25.3 Å². The van der Waals surface area contributed by atoms with E-state index in [1.807, 2.05) is 13.0 Å². The highest BCUT2D eigenvalue weighted by Gasteiger charge is 2.04. The molecule has 0 fully saturated rings. The normalized spacial score (nSPS) is 11.4. The van der Waals surface area contributed by atoms with Crippen LogP contribution in [-0.4, -0.2) is 30.3 Å². The van der Waals surface area contributed by atoms with Crippen molar-refractivity contribution in [3.63, 3.8) is 0 Å². The summed E-state index contributed by atoms with van der Waals surface area (Å²) < 4.78 is 5.27. The number of nitrogens with zero attached hydrogens (tertiary/aromatic N) is 1. The van der Waals surface area contributed by atoms with Crippen LogP contribution in [0.4, 0.5) is 0 Å². The first-order chi connectivity index (χ1) is 9.15. The van der Waals surface area contributed by atoms with E-state index in [1.54, 1.807) is 24.3 Å². The highest BCUT2D eigenvalue weighted by atomic mass is 16.5. The van der Waals surface area contributed by atoms with Crippen molar-refractivity contribution in [2.75, 3.05) is 13.2 Å². The summed E-state index contributed by atoms with van der Waals surface area (Å²) in [7, 11) is 0. The number of nitriles is 1. The van der Waals surface area contributed by atoms with Gasteiger partial charge in [0, 0.05) is 6.54 Å². The third-order valence-corrected chi connectivity index (χ3v) is 2.62. The molecule has 0 bridgehead atoms. The number of rotatable bonds is 7. The summed E-state index contributed by atoms with van der Waals surface area (Å²) in [6.45, 7) is 2.25. The van der Waals surface area contributed by atoms with Gasteiger partial charge >= 0.3 is 0 Å². The maximum absolute atomic E-state index is 11.4. The molecule has 5 heteroatoms. The van der Waals surface area contributed by atoms with Gasteiger partial charge in [0.1, 0.15) is 5.75 Å². The zero-order chi connectivity index (χ0) is 14.1. The number of aliphatic hydroxyl groups excluding tert-OH is 1. The number of nitrogens with one attached hydrogen (secondary N) is 1. The molecule has 0 aromatic heterocycles. The number of aliphatic hydroxyl groups is 1. The number of ether oxygens (including phenoxy) is 1. The number of hydrogen-bond acceptors (Lipinski definition) is 4. The molecule has 2 N–H and O–H groups in total. The largest absolute Gasteiger partial charge is 0.484 e. The van der Waals surface area contributed by atoms with E-state index in [9.17, 15) is 9.90 Å². The van der Waals surface area contributed by atoms with Gasteiger partial charge in [-0.1, -0.05) is 6.92 Å².